The molecule has 0 fully saturated rings. The number of hydrogen-bond donors (Lipinski definition) is 1. The lowest BCUT2D eigenvalue weighted by Crippen LogP contribution is -2.30. The smallest absolute Gasteiger partial charge is 0.338 e. The summed E-state index contributed by atoms with van der Waals surface area (Å²) in [5.74, 6) is -1.03. The molecule has 0 aliphatic heterocycles. The van der Waals surface area contributed by atoms with Gasteiger partial charge >= 0.3 is 5.97 Å². The van der Waals surface area contributed by atoms with Crippen molar-refractivity contribution in [1.82, 2.24) is 4.98 Å². The second-order valence-corrected chi connectivity index (χ2v) is 7.58. The molecule has 0 bridgehead atoms. The Morgan fingerprint density at radius 1 is 1.21 bits per heavy atom. The average molecular weight is 416 g/mol. The number of esters is 1. The predicted octanol–water partition coefficient (Wildman–Crippen LogP) is 4.76. The zero-order valence-electron chi connectivity index (χ0n) is 14.9. The Kier molecular flexibility index (Phi) is 6.78. The van der Waals surface area contributed by atoms with Gasteiger partial charge in [0.2, 0.25) is 0 Å². The van der Waals surface area contributed by atoms with E-state index in [9.17, 15) is 14.0 Å². The standard InChI is InChI=1S/C20H17FN2O3S2/c1-13(19(24)23-18-5-3-2-4-17(18)21)26-20(25)14-6-8-16(9-7-14)28-11-15-10-27-12-22-15/h2-10,12-13H,11H2,1H3,(H,23,24). The van der Waals surface area contributed by atoms with Crippen LogP contribution in [0, 0.1) is 5.82 Å². The topological polar surface area (TPSA) is 68.3 Å². The fourth-order valence-corrected chi connectivity index (χ4v) is 3.70. The van der Waals surface area contributed by atoms with Crippen molar-refractivity contribution >= 4 is 40.7 Å². The van der Waals surface area contributed by atoms with E-state index >= 15 is 0 Å². The van der Waals surface area contributed by atoms with Crippen LogP contribution in [-0.2, 0) is 15.3 Å². The minimum Gasteiger partial charge on any atom is -0.449 e. The van der Waals surface area contributed by atoms with Crippen molar-refractivity contribution in [2.75, 3.05) is 5.32 Å². The van der Waals surface area contributed by atoms with Gasteiger partial charge in [-0.05, 0) is 43.3 Å². The highest BCUT2D eigenvalue weighted by molar-refractivity contribution is 7.98. The molecular weight excluding hydrogens is 399 g/mol. The van der Waals surface area contributed by atoms with Gasteiger partial charge in [-0.15, -0.1) is 23.1 Å². The van der Waals surface area contributed by atoms with Crippen LogP contribution in [0.1, 0.15) is 23.0 Å². The zero-order chi connectivity index (χ0) is 19.9. The number of hydrogen-bond acceptors (Lipinski definition) is 6. The van der Waals surface area contributed by atoms with E-state index in [2.05, 4.69) is 10.3 Å². The predicted molar refractivity (Wildman–Crippen MR) is 108 cm³/mol. The van der Waals surface area contributed by atoms with Crippen molar-refractivity contribution in [1.29, 1.82) is 0 Å². The summed E-state index contributed by atoms with van der Waals surface area (Å²) in [5, 5.41) is 4.40. The molecule has 1 aromatic heterocycles. The fraction of sp³-hybridized carbons (Fsp3) is 0.150. The lowest BCUT2D eigenvalue weighted by atomic mass is 10.2. The summed E-state index contributed by atoms with van der Waals surface area (Å²) >= 11 is 3.16. The number of ether oxygens (including phenoxy) is 1. The number of rotatable bonds is 7. The number of anilines is 1. The van der Waals surface area contributed by atoms with E-state index < -0.39 is 23.8 Å². The van der Waals surface area contributed by atoms with Crippen LogP contribution in [0.25, 0.3) is 0 Å². The van der Waals surface area contributed by atoms with E-state index in [4.69, 9.17) is 4.74 Å². The minimum atomic E-state index is -1.06. The number of carbonyl (C=O) groups excluding carboxylic acids is 2. The molecule has 0 saturated carbocycles. The number of halogens is 1. The molecule has 2 aromatic carbocycles. The first kappa shape index (κ1) is 20.0. The van der Waals surface area contributed by atoms with Crippen LogP contribution in [0.3, 0.4) is 0 Å². The number of carbonyl (C=O) groups is 2. The maximum atomic E-state index is 13.6. The van der Waals surface area contributed by atoms with Crippen LogP contribution in [0.2, 0.25) is 0 Å². The van der Waals surface area contributed by atoms with Crippen molar-refractivity contribution < 1.29 is 18.7 Å². The molecule has 144 valence electrons. The summed E-state index contributed by atoms with van der Waals surface area (Å²) in [6.45, 7) is 1.44. The molecule has 1 amide bonds. The molecule has 0 aliphatic rings. The molecule has 5 nitrogen and oxygen atoms in total. The van der Waals surface area contributed by atoms with Gasteiger partial charge in [0.1, 0.15) is 5.82 Å². The Balaban J connectivity index is 1.53. The van der Waals surface area contributed by atoms with E-state index in [0.717, 1.165) is 16.3 Å². The third-order valence-electron chi connectivity index (χ3n) is 3.74. The van der Waals surface area contributed by atoms with Crippen molar-refractivity contribution in [2.24, 2.45) is 0 Å². The first-order valence-electron chi connectivity index (χ1n) is 8.39. The van der Waals surface area contributed by atoms with Gasteiger partial charge < -0.3 is 10.1 Å². The van der Waals surface area contributed by atoms with Gasteiger partial charge in [0.05, 0.1) is 22.5 Å². The molecular formula is C20H17FN2O3S2. The lowest BCUT2D eigenvalue weighted by molar-refractivity contribution is -0.123. The van der Waals surface area contributed by atoms with Gasteiger partial charge in [-0.2, -0.15) is 0 Å². The molecule has 3 aromatic rings. The number of aromatic nitrogens is 1. The molecule has 1 unspecified atom stereocenters. The lowest BCUT2D eigenvalue weighted by Gasteiger charge is -2.14. The molecule has 1 N–H and O–H groups in total. The number of benzene rings is 2. The normalized spacial score (nSPS) is 11.6. The van der Waals surface area contributed by atoms with E-state index in [1.54, 1.807) is 46.8 Å². The SMILES string of the molecule is CC(OC(=O)c1ccc(SCc2cscn2)cc1)C(=O)Nc1ccccc1F. The third kappa shape index (κ3) is 5.40. The number of nitrogens with one attached hydrogen (secondary N) is 1. The molecule has 1 atom stereocenters. The van der Waals surface area contributed by atoms with Crippen LogP contribution < -0.4 is 5.32 Å². The van der Waals surface area contributed by atoms with Gasteiger partial charge in [-0.3, -0.25) is 4.79 Å². The number of nitrogens with zero attached hydrogens (tertiary/aromatic N) is 1. The molecule has 28 heavy (non-hydrogen) atoms. The molecule has 8 heteroatoms. The van der Waals surface area contributed by atoms with E-state index in [0.29, 0.717) is 5.56 Å². The summed E-state index contributed by atoms with van der Waals surface area (Å²) < 4.78 is 18.8. The minimum absolute atomic E-state index is 0.0388. The number of amides is 1. The van der Waals surface area contributed by atoms with Crippen LogP contribution in [0.15, 0.2) is 64.3 Å². The maximum absolute atomic E-state index is 13.6. The van der Waals surface area contributed by atoms with E-state index in [-0.39, 0.29) is 5.69 Å². The van der Waals surface area contributed by atoms with Crippen molar-refractivity contribution in [3.8, 4) is 0 Å². The van der Waals surface area contributed by atoms with Crippen molar-refractivity contribution in [3.63, 3.8) is 0 Å². The zero-order valence-corrected chi connectivity index (χ0v) is 16.6. The van der Waals surface area contributed by atoms with Crippen molar-refractivity contribution in [2.45, 2.75) is 23.7 Å². The van der Waals surface area contributed by atoms with Gasteiger partial charge in [0.25, 0.3) is 5.91 Å². The van der Waals surface area contributed by atoms with E-state index in [1.807, 2.05) is 17.5 Å². The largest absolute Gasteiger partial charge is 0.449 e. The first-order chi connectivity index (χ1) is 13.5. The highest BCUT2D eigenvalue weighted by Crippen LogP contribution is 2.23. The quantitative estimate of drug-likeness (QED) is 0.444. The van der Waals surface area contributed by atoms with Crippen LogP contribution in [-0.4, -0.2) is 23.0 Å². The van der Waals surface area contributed by atoms with Gasteiger partial charge in [-0.25, -0.2) is 14.2 Å². The highest BCUT2D eigenvalue weighted by Gasteiger charge is 2.20. The van der Waals surface area contributed by atoms with E-state index in [1.165, 1.54) is 25.1 Å². The third-order valence-corrected chi connectivity index (χ3v) is 5.43. The molecule has 0 radical (unpaired) electrons. The molecule has 3 rings (SSSR count). The average Bonchev–Trinajstić information content (AvgIpc) is 3.22. The fourth-order valence-electron chi connectivity index (χ4n) is 2.23. The summed E-state index contributed by atoms with van der Waals surface area (Å²) in [7, 11) is 0. The maximum Gasteiger partial charge on any atom is 0.338 e. The summed E-state index contributed by atoms with van der Waals surface area (Å²) in [4.78, 5) is 29.6. The Bertz CT molecular complexity index is 946. The van der Waals surface area contributed by atoms with Crippen LogP contribution in [0.5, 0.6) is 0 Å². The molecule has 1 heterocycles. The summed E-state index contributed by atoms with van der Waals surface area (Å²) in [6, 6.07) is 12.7. The Morgan fingerprint density at radius 3 is 2.64 bits per heavy atom. The van der Waals surface area contributed by atoms with Crippen LogP contribution in [0.4, 0.5) is 10.1 Å². The number of thiazole rings is 1. The number of para-hydroxylation sites is 1. The Labute approximate surface area is 170 Å². The Hall–Kier alpha value is -2.71. The van der Waals surface area contributed by atoms with Gasteiger partial charge in [0, 0.05) is 16.0 Å². The Morgan fingerprint density at radius 2 is 1.96 bits per heavy atom. The molecule has 0 saturated heterocycles. The first-order valence-corrected chi connectivity index (χ1v) is 10.3. The second-order valence-electron chi connectivity index (χ2n) is 5.81. The summed E-state index contributed by atoms with van der Waals surface area (Å²) in [5.41, 5.74) is 3.17. The second kappa shape index (κ2) is 9.48. The van der Waals surface area contributed by atoms with Crippen LogP contribution >= 0.6 is 23.1 Å². The monoisotopic (exact) mass is 416 g/mol. The van der Waals surface area contributed by atoms with Gasteiger partial charge in [0.15, 0.2) is 6.10 Å². The molecule has 0 aliphatic carbocycles. The van der Waals surface area contributed by atoms with Gasteiger partial charge in [-0.1, -0.05) is 12.1 Å². The highest BCUT2D eigenvalue weighted by atomic mass is 32.2. The molecule has 0 spiro atoms. The van der Waals surface area contributed by atoms with Crippen molar-refractivity contribution in [3.05, 3.63) is 76.5 Å². The summed E-state index contributed by atoms with van der Waals surface area (Å²) in [6.07, 6.45) is -1.06. The number of thioether (sulfide) groups is 1.